The fourth-order valence-electron chi connectivity index (χ4n) is 4.09. The highest BCUT2D eigenvalue weighted by Gasteiger charge is 2.26. The van der Waals surface area contributed by atoms with Crippen LogP contribution in [0.4, 0.5) is 15.0 Å². The lowest BCUT2D eigenvalue weighted by Gasteiger charge is -2.35. The topological polar surface area (TPSA) is 94.1 Å². The van der Waals surface area contributed by atoms with Crippen molar-refractivity contribution in [3.8, 4) is 22.2 Å². The van der Waals surface area contributed by atoms with Gasteiger partial charge in [0.15, 0.2) is 6.61 Å². The summed E-state index contributed by atoms with van der Waals surface area (Å²) in [6.45, 7) is 3.65. The number of nitrogens with zero attached hydrogens (tertiary/aromatic N) is 4. The van der Waals surface area contributed by atoms with Crippen LogP contribution in [-0.4, -0.2) is 66.3 Å². The van der Waals surface area contributed by atoms with Gasteiger partial charge in [-0.2, -0.15) is 9.97 Å². The number of ether oxygens (including phenoxy) is 3. The summed E-state index contributed by atoms with van der Waals surface area (Å²) in [5, 5.41) is 1.36. The van der Waals surface area contributed by atoms with E-state index in [2.05, 4.69) is 9.97 Å². The minimum atomic E-state index is -0.894. The van der Waals surface area contributed by atoms with Crippen molar-refractivity contribution in [1.29, 1.82) is 0 Å². The fourth-order valence-corrected chi connectivity index (χ4v) is 5.24. The van der Waals surface area contributed by atoms with Crippen LogP contribution < -0.4 is 14.4 Å². The maximum atomic E-state index is 13.5. The fraction of sp³-hybridized carbons (Fsp3) is 0.259. The molecular weight excluding hydrogens is 547 g/mol. The average molecular weight is 571 g/mol. The Balaban J connectivity index is 1.34. The third-order valence-electron chi connectivity index (χ3n) is 6.03. The van der Waals surface area contributed by atoms with Crippen LogP contribution in [0.3, 0.4) is 0 Å². The zero-order chi connectivity index (χ0) is 27.4. The maximum Gasteiger partial charge on any atom is 0.516 e. The van der Waals surface area contributed by atoms with Crippen molar-refractivity contribution in [2.24, 2.45) is 0 Å². The number of thiophene rings is 1. The molecule has 0 radical (unpaired) electrons. The first-order valence-electron chi connectivity index (χ1n) is 12.2. The van der Waals surface area contributed by atoms with Crippen molar-refractivity contribution in [1.82, 2.24) is 14.9 Å². The molecule has 1 amide bonds. The molecule has 202 valence electrons. The second-order valence-corrected chi connectivity index (χ2v) is 10.0. The number of fused-ring (bicyclic) bond motifs is 1. The molecule has 0 saturated carbocycles. The van der Waals surface area contributed by atoms with Gasteiger partial charge in [-0.25, -0.2) is 9.18 Å². The van der Waals surface area contributed by atoms with E-state index in [0.717, 1.165) is 15.8 Å². The minimum Gasteiger partial charge on any atom is -0.484 e. The van der Waals surface area contributed by atoms with Crippen molar-refractivity contribution < 1.29 is 28.2 Å². The smallest absolute Gasteiger partial charge is 0.484 e. The van der Waals surface area contributed by atoms with E-state index in [1.54, 1.807) is 48.2 Å². The van der Waals surface area contributed by atoms with E-state index in [1.807, 2.05) is 11.0 Å². The molecule has 0 atom stereocenters. The Morgan fingerprint density at radius 3 is 2.44 bits per heavy atom. The summed E-state index contributed by atoms with van der Waals surface area (Å²) in [6, 6.07) is 14.8. The van der Waals surface area contributed by atoms with E-state index in [0.29, 0.717) is 47.6 Å². The minimum absolute atomic E-state index is 0.0809. The summed E-state index contributed by atoms with van der Waals surface area (Å²) in [5.41, 5.74) is 0.828. The number of rotatable bonds is 7. The van der Waals surface area contributed by atoms with Gasteiger partial charge in [0.05, 0.1) is 12.0 Å². The van der Waals surface area contributed by atoms with E-state index in [-0.39, 0.29) is 30.9 Å². The molecule has 0 unspecified atom stereocenters. The van der Waals surface area contributed by atoms with Gasteiger partial charge in [-0.05, 0) is 55.0 Å². The number of amides is 1. The molecule has 39 heavy (non-hydrogen) atoms. The van der Waals surface area contributed by atoms with Crippen molar-refractivity contribution >= 4 is 51.0 Å². The monoisotopic (exact) mass is 570 g/mol. The summed E-state index contributed by atoms with van der Waals surface area (Å²) >= 11 is 7.27. The summed E-state index contributed by atoms with van der Waals surface area (Å²) in [7, 11) is 0. The molecule has 0 spiro atoms. The third kappa shape index (κ3) is 6.37. The number of carbonyl (C=O) groups excluding carboxylic acids is 2. The highest BCUT2D eigenvalue weighted by Crippen LogP contribution is 2.38. The van der Waals surface area contributed by atoms with Gasteiger partial charge in [-0.1, -0.05) is 23.7 Å². The van der Waals surface area contributed by atoms with E-state index in [9.17, 15) is 14.0 Å². The molecule has 3 heterocycles. The normalized spacial score (nSPS) is 13.4. The number of hydrogen-bond donors (Lipinski definition) is 0. The van der Waals surface area contributed by atoms with Gasteiger partial charge >= 0.3 is 12.2 Å². The van der Waals surface area contributed by atoms with E-state index < -0.39 is 6.16 Å². The van der Waals surface area contributed by atoms with E-state index in [1.165, 1.54) is 23.5 Å². The Morgan fingerprint density at radius 1 is 1.03 bits per heavy atom. The molecule has 0 bridgehead atoms. The number of carbonyl (C=O) groups is 2. The zero-order valence-electron chi connectivity index (χ0n) is 20.9. The predicted octanol–water partition coefficient (Wildman–Crippen LogP) is 5.41. The second-order valence-electron chi connectivity index (χ2n) is 8.56. The van der Waals surface area contributed by atoms with Crippen LogP contribution in [0.25, 0.3) is 20.7 Å². The zero-order valence-corrected chi connectivity index (χ0v) is 22.5. The van der Waals surface area contributed by atoms with Crippen LogP contribution in [0.5, 0.6) is 11.8 Å². The van der Waals surface area contributed by atoms with Gasteiger partial charge in [-0.3, -0.25) is 4.79 Å². The van der Waals surface area contributed by atoms with E-state index >= 15 is 0 Å². The lowest BCUT2D eigenvalue weighted by molar-refractivity contribution is -0.133. The van der Waals surface area contributed by atoms with Gasteiger partial charge in [0.1, 0.15) is 22.2 Å². The molecule has 9 nitrogen and oxygen atoms in total. The molecule has 1 aliphatic rings. The van der Waals surface area contributed by atoms with Crippen LogP contribution in [0.1, 0.15) is 6.92 Å². The summed E-state index contributed by atoms with van der Waals surface area (Å²) in [4.78, 5) is 38.9. The Morgan fingerprint density at radius 2 is 1.74 bits per heavy atom. The lowest BCUT2D eigenvalue weighted by Crippen LogP contribution is -2.50. The molecule has 12 heteroatoms. The highest BCUT2D eigenvalue weighted by atomic mass is 35.5. The van der Waals surface area contributed by atoms with Crippen molar-refractivity contribution in [2.45, 2.75) is 6.92 Å². The molecule has 5 rings (SSSR count). The molecule has 0 aliphatic carbocycles. The van der Waals surface area contributed by atoms with Gasteiger partial charge in [-0.15, -0.1) is 11.3 Å². The van der Waals surface area contributed by atoms with Crippen molar-refractivity contribution in [3.05, 3.63) is 65.4 Å². The molecule has 1 fully saturated rings. The predicted molar refractivity (Wildman–Crippen MR) is 146 cm³/mol. The number of hydrogen-bond acceptors (Lipinski definition) is 9. The molecule has 1 saturated heterocycles. The molecule has 1 aliphatic heterocycles. The SMILES string of the molecule is CCOC(=O)Oc1nc(N2CCN(C(=O)COc3ccc(Cl)cc3)CC2)c2cc(-c3ccc(F)cc3)sc2n1. The first-order chi connectivity index (χ1) is 18.9. The van der Waals surface area contributed by atoms with Gasteiger partial charge in [0, 0.05) is 36.1 Å². The van der Waals surface area contributed by atoms with E-state index in [4.69, 9.17) is 25.8 Å². The summed E-state index contributed by atoms with van der Waals surface area (Å²) < 4.78 is 29.2. The molecule has 2 aromatic heterocycles. The molecule has 2 aromatic carbocycles. The van der Waals surface area contributed by atoms with Crippen LogP contribution in [0.2, 0.25) is 5.02 Å². The standard InChI is InChI=1S/C27H24ClFN4O5S/c1-2-36-27(35)38-26-30-24(21-15-22(39-25(21)31-26)17-3-7-19(29)8-4-17)33-13-11-32(12-14-33)23(34)16-37-20-9-5-18(28)6-10-20/h3-10,15H,2,11-14,16H2,1H3. The van der Waals surface area contributed by atoms with Crippen LogP contribution in [0, 0.1) is 5.82 Å². The summed E-state index contributed by atoms with van der Waals surface area (Å²) in [5.74, 6) is 0.695. The second kappa shape index (κ2) is 11.8. The first kappa shape index (κ1) is 26.6. The average Bonchev–Trinajstić information content (AvgIpc) is 3.37. The number of halogens is 2. The number of anilines is 1. The Bertz CT molecular complexity index is 1470. The number of piperazine rings is 1. The molecular formula is C27H24ClFN4O5S. The van der Waals surface area contributed by atoms with Crippen LogP contribution in [0.15, 0.2) is 54.6 Å². The maximum absolute atomic E-state index is 13.5. The van der Waals surface area contributed by atoms with Gasteiger partial charge in [0.2, 0.25) is 0 Å². The van der Waals surface area contributed by atoms with Gasteiger partial charge in [0.25, 0.3) is 5.91 Å². The number of benzene rings is 2. The van der Waals surface area contributed by atoms with Crippen molar-refractivity contribution in [2.75, 3.05) is 44.3 Å². The Labute approximate surface area is 232 Å². The number of aromatic nitrogens is 2. The quantitative estimate of drug-likeness (QED) is 0.272. The highest BCUT2D eigenvalue weighted by molar-refractivity contribution is 7.21. The molecule has 0 N–H and O–H groups in total. The van der Waals surface area contributed by atoms with Crippen molar-refractivity contribution in [3.63, 3.8) is 0 Å². The first-order valence-corrected chi connectivity index (χ1v) is 13.4. The van der Waals surface area contributed by atoms with Crippen LogP contribution >= 0.6 is 22.9 Å². The largest absolute Gasteiger partial charge is 0.516 e. The Hall–Kier alpha value is -3.96. The third-order valence-corrected chi connectivity index (χ3v) is 7.36. The Kier molecular flexibility index (Phi) is 8.08. The van der Waals surface area contributed by atoms with Crippen LogP contribution in [-0.2, 0) is 9.53 Å². The lowest BCUT2D eigenvalue weighted by atomic mass is 10.1. The van der Waals surface area contributed by atoms with Gasteiger partial charge < -0.3 is 24.0 Å². The summed E-state index contributed by atoms with van der Waals surface area (Å²) in [6.07, 6.45) is -0.894. The molecule has 4 aromatic rings.